The summed E-state index contributed by atoms with van der Waals surface area (Å²) in [6, 6.07) is 9.18. The number of anilines is 1. The fourth-order valence-electron chi connectivity index (χ4n) is 3.55. The summed E-state index contributed by atoms with van der Waals surface area (Å²) in [6.45, 7) is 4.32. The summed E-state index contributed by atoms with van der Waals surface area (Å²) in [5.74, 6) is 6.94. The lowest BCUT2D eigenvalue weighted by Gasteiger charge is -2.31. The van der Waals surface area contributed by atoms with Crippen molar-refractivity contribution in [1.29, 1.82) is 0 Å². The highest BCUT2D eigenvalue weighted by molar-refractivity contribution is 7.92. The molecule has 4 rings (SSSR count). The Morgan fingerprint density at radius 1 is 1.29 bits per heavy atom. The molecule has 0 aliphatic carbocycles. The first-order valence-corrected chi connectivity index (χ1v) is 11.3. The Balaban J connectivity index is 1.63. The maximum Gasteiger partial charge on any atom is 0.235 e. The zero-order valence-corrected chi connectivity index (χ0v) is 17.6. The van der Waals surface area contributed by atoms with Crippen LogP contribution in [0.1, 0.15) is 24.6 Å². The van der Waals surface area contributed by atoms with Crippen LogP contribution in [0.15, 0.2) is 48.6 Å². The van der Waals surface area contributed by atoms with Crippen LogP contribution < -0.4 is 10.5 Å². The van der Waals surface area contributed by atoms with E-state index in [1.807, 2.05) is 30.3 Å². The van der Waals surface area contributed by atoms with Crippen LogP contribution in [0, 0.1) is 11.8 Å². The van der Waals surface area contributed by atoms with E-state index in [1.54, 1.807) is 4.68 Å². The third-order valence-corrected chi connectivity index (χ3v) is 6.53. The highest BCUT2D eigenvalue weighted by Gasteiger charge is 2.30. The normalized spacial score (nSPS) is 17.1. The molecule has 0 unspecified atom stereocenters. The molecule has 1 aliphatic rings. The molecule has 0 amide bonds. The predicted octanol–water partition coefficient (Wildman–Crippen LogP) is 1.95. The molecule has 1 fully saturated rings. The van der Waals surface area contributed by atoms with Crippen molar-refractivity contribution in [2.45, 2.75) is 18.9 Å². The zero-order valence-electron chi connectivity index (χ0n) is 16.8. The smallest absolute Gasteiger partial charge is 0.235 e. The Labute approximate surface area is 180 Å². The molecule has 31 heavy (non-hydrogen) atoms. The number of piperidine rings is 1. The summed E-state index contributed by atoms with van der Waals surface area (Å²) in [7, 11) is -3.51. The molecular weight excluding hydrogens is 416 g/mol. The summed E-state index contributed by atoms with van der Waals surface area (Å²) in [6.07, 6.45) is 2.83. The standard InChI is InChI=1S/C21H22N6O3S/c1-2-31(28,29)26-12-6-8-16(14-26)27-21-19(20(22)23-15-24-21)18(25-27)11-7-13-30-17-9-4-3-5-10-17/h2-5,9-10,15-16H,1,6,8,12-14H2,(H2,22,23,24)/t16-/m1/s1. The van der Waals surface area contributed by atoms with Crippen molar-refractivity contribution in [3.05, 3.63) is 54.3 Å². The number of nitrogens with two attached hydrogens (primary N) is 1. The molecule has 1 aliphatic heterocycles. The highest BCUT2D eigenvalue weighted by Crippen LogP contribution is 2.29. The largest absolute Gasteiger partial charge is 0.481 e. The van der Waals surface area contributed by atoms with Crippen LogP contribution in [0.5, 0.6) is 5.75 Å². The number of fused-ring (bicyclic) bond motifs is 1. The van der Waals surface area contributed by atoms with Crippen LogP contribution in [-0.2, 0) is 10.0 Å². The Hall–Kier alpha value is -3.42. The monoisotopic (exact) mass is 438 g/mol. The summed E-state index contributed by atoms with van der Waals surface area (Å²) in [5.41, 5.74) is 7.06. The molecule has 160 valence electrons. The van der Waals surface area contributed by atoms with E-state index in [0.717, 1.165) is 17.6 Å². The van der Waals surface area contributed by atoms with Crippen LogP contribution in [0.25, 0.3) is 11.0 Å². The maximum atomic E-state index is 12.2. The lowest BCUT2D eigenvalue weighted by Crippen LogP contribution is -2.40. The van der Waals surface area contributed by atoms with Gasteiger partial charge in [0, 0.05) is 18.5 Å². The number of sulfonamides is 1. The van der Waals surface area contributed by atoms with E-state index in [4.69, 9.17) is 10.5 Å². The molecule has 3 heterocycles. The number of ether oxygens (including phenoxy) is 1. The Bertz CT molecular complexity index is 1260. The molecule has 2 aromatic heterocycles. The van der Waals surface area contributed by atoms with Crippen LogP contribution in [0.3, 0.4) is 0 Å². The third-order valence-electron chi connectivity index (χ3n) is 5.05. The topological polar surface area (TPSA) is 116 Å². The molecule has 0 saturated carbocycles. The molecule has 0 radical (unpaired) electrons. The minimum absolute atomic E-state index is 0.181. The first-order chi connectivity index (χ1) is 15.0. The van der Waals surface area contributed by atoms with Crippen molar-refractivity contribution in [2.75, 3.05) is 25.4 Å². The van der Waals surface area contributed by atoms with Gasteiger partial charge in [0.1, 0.15) is 30.2 Å². The quantitative estimate of drug-likeness (QED) is 0.605. The number of rotatable bonds is 5. The molecule has 2 N–H and O–H groups in total. The van der Waals surface area contributed by atoms with Crippen molar-refractivity contribution < 1.29 is 13.2 Å². The molecule has 1 atom stereocenters. The lowest BCUT2D eigenvalue weighted by atomic mass is 10.1. The SMILES string of the molecule is C=CS(=O)(=O)N1CCC[C@@H](n2nc(C#CCOc3ccccc3)c3c(N)ncnc32)C1. The van der Waals surface area contributed by atoms with Crippen LogP contribution in [0.2, 0.25) is 0 Å². The van der Waals surface area contributed by atoms with Crippen molar-refractivity contribution in [3.63, 3.8) is 0 Å². The van der Waals surface area contributed by atoms with Crippen molar-refractivity contribution >= 4 is 26.9 Å². The minimum atomic E-state index is -3.51. The average Bonchev–Trinajstić information content (AvgIpc) is 3.17. The highest BCUT2D eigenvalue weighted by atomic mass is 32.2. The van der Waals surface area contributed by atoms with Crippen LogP contribution in [-0.4, -0.2) is 52.2 Å². The van der Waals surface area contributed by atoms with E-state index >= 15 is 0 Å². The number of para-hydroxylation sites is 1. The second-order valence-electron chi connectivity index (χ2n) is 7.02. The van der Waals surface area contributed by atoms with Gasteiger partial charge in [-0.2, -0.15) is 9.40 Å². The number of aromatic nitrogens is 4. The molecule has 1 saturated heterocycles. The van der Waals surface area contributed by atoms with E-state index in [0.29, 0.717) is 29.7 Å². The Kier molecular flexibility index (Phi) is 5.88. The molecule has 9 nitrogen and oxygen atoms in total. The molecule has 3 aromatic rings. The number of nitrogen functional groups attached to an aromatic ring is 1. The van der Waals surface area contributed by atoms with Gasteiger partial charge in [0.25, 0.3) is 0 Å². The van der Waals surface area contributed by atoms with E-state index in [1.165, 1.54) is 10.6 Å². The first-order valence-electron chi connectivity index (χ1n) is 9.77. The lowest BCUT2D eigenvalue weighted by molar-refractivity contribution is 0.259. The van der Waals surface area contributed by atoms with Gasteiger partial charge in [-0.05, 0) is 30.9 Å². The molecule has 0 bridgehead atoms. The van der Waals surface area contributed by atoms with Gasteiger partial charge in [0.05, 0.1) is 11.4 Å². The molecule has 0 spiro atoms. The van der Waals surface area contributed by atoms with Crippen LogP contribution in [0.4, 0.5) is 5.82 Å². The molecule has 1 aromatic carbocycles. The van der Waals surface area contributed by atoms with Gasteiger partial charge in [-0.15, -0.1) is 0 Å². The minimum Gasteiger partial charge on any atom is -0.481 e. The van der Waals surface area contributed by atoms with Crippen LogP contribution >= 0.6 is 0 Å². The number of hydrogen-bond acceptors (Lipinski definition) is 7. The molecular formula is C21H22N6O3S. The van der Waals surface area contributed by atoms with E-state index in [9.17, 15) is 8.42 Å². The van der Waals surface area contributed by atoms with Gasteiger partial charge in [0.2, 0.25) is 10.0 Å². The van der Waals surface area contributed by atoms with Gasteiger partial charge < -0.3 is 10.5 Å². The zero-order chi connectivity index (χ0) is 21.8. The maximum absolute atomic E-state index is 12.2. The fourth-order valence-corrected chi connectivity index (χ4v) is 4.52. The van der Waals surface area contributed by atoms with Gasteiger partial charge >= 0.3 is 0 Å². The number of benzene rings is 1. The van der Waals surface area contributed by atoms with Gasteiger partial charge in [-0.1, -0.05) is 30.7 Å². The van der Waals surface area contributed by atoms with Crippen molar-refractivity contribution in [1.82, 2.24) is 24.1 Å². The number of nitrogens with zero attached hydrogens (tertiary/aromatic N) is 5. The van der Waals surface area contributed by atoms with E-state index in [-0.39, 0.29) is 25.0 Å². The molecule has 10 heteroatoms. The van der Waals surface area contributed by atoms with E-state index < -0.39 is 10.0 Å². The van der Waals surface area contributed by atoms with Crippen molar-refractivity contribution in [2.24, 2.45) is 0 Å². The summed E-state index contributed by atoms with van der Waals surface area (Å²) in [5, 5.41) is 6.15. The second-order valence-corrected chi connectivity index (χ2v) is 8.90. The second kappa shape index (κ2) is 8.75. The fraction of sp³-hybridized carbons (Fsp3) is 0.286. The Morgan fingerprint density at radius 2 is 2.10 bits per heavy atom. The summed E-state index contributed by atoms with van der Waals surface area (Å²) in [4.78, 5) is 8.41. The Morgan fingerprint density at radius 3 is 2.87 bits per heavy atom. The van der Waals surface area contributed by atoms with Gasteiger partial charge in [-0.25, -0.2) is 23.1 Å². The van der Waals surface area contributed by atoms with E-state index in [2.05, 4.69) is 33.5 Å². The third kappa shape index (κ3) is 4.38. The van der Waals surface area contributed by atoms with Gasteiger partial charge in [-0.3, -0.25) is 0 Å². The predicted molar refractivity (Wildman–Crippen MR) is 118 cm³/mol. The summed E-state index contributed by atoms with van der Waals surface area (Å²) >= 11 is 0. The van der Waals surface area contributed by atoms with Crippen molar-refractivity contribution in [3.8, 4) is 17.6 Å². The van der Waals surface area contributed by atoms with Gasteiger partial charge in [0.15, 0.2) is 5.65 Å². The number of hydrogen-bond donors (Lipinski definition) is 1. The first kappa shape index (κ1) is 20.8. The average molecular weight is 439 g/mol. The summed E-state index contributed by atoms with van der Waals surface area (Å²) < 4.78 is 33.2.